The normalized spacial score (nSPS) is 13.9. The van der Waals surface area contributed by atoms with Crippen molar-refractivity contribution in [2.75, 3.05) is 24.5 Å². The second kappa shape index (κ2) is 7.62. The third-order valence-electron chi connectivity index (χ3n) is 4.89. The molecule has 0 saturated carbocycles. The molecule has 1 aliphatic heterocycles. The number of hydrogen-bond donors (Lipinski definition) is 0. The first-order chi connectivity index (χ1) is 12.8. The molecule has 0 saturated heterocycles. The van der Waals surface area contributed by atoms with Gasteiger partial charge in [-0.05, 0) is 48.7 Å². The van der Waals surface area contributed by atoms with Crippen LogP contribution < -0.4 is 4.90 Å². The van der Waals surface area contributed by atoms with E-state index >= 15 is 0 Å². The van der Waals surface area contributed by atoms with Gasteiger partial charge in [-0.2, -0.15) is 4.31 Å². The first-order valence-corrected chi connectivity index (χ1v) is 10.8. The number of carbonyl (C=O) groups is 1. The van der Waals surface area contributed by atoms with E-state index in [0.717, 1.165) is 23.2 Å². The number of nitrogens with zero attached hydrogens (tertiary/aromatic N) is 2. The molecule has 0 fully saturated rings. The topological polar surface area (TPSA) is 57.7 Å². The van der Waals surface area contributed by atoms with E-state index < -0.39 is 10.0 Å². The summed E-state index contributed by atoms with van der Waals surface area (Å²) >= 11 is 6.27. The lowest BCUT2D eigenvalue weighted by atomic mass is 10.1. The molecule has 2 aromatic carbocycles. The van der Waals surface area contributed by atoms with Crippen LogP contribution in [-0.4, -0.2) is 38.3 Å². The molecule has 1 amide bonds. The quantitative estimate of drug-likeness (QED) is 0.757. The minimum absolute atomic E-state index is 0.0858. The van der Waals surface area contributed by atoms with Gasteiger partial charge in [-0.25, -0.2) is 8.42 Å². The highest BCUT2D eigenvalue weighted by Crippen LogP contribution is 2.32. The average Bonchev–Trinajstić information content (AvgIpc) is 3.05. The fourth-order valence-electron chi connectivity index (χ4n) is 3.39. The van der Waals surface area contributed by atoms with Crippen molar-refractivity contribution in [3.63, 3.8) is 0 Å². The van der Waals surface area contributed by atoms with Gasteiger partial charge in [0.1, 0.15) is 0 Å². The molecule has 0 bridgehead atoms. The Labute approximate surface area is 165 Å². The molecule has 0 aliphatic carbocycles. The maximum atomic E-state index is 13.2. The van der Waals surface area contributed by atoms with Gasteiger partial charge in [0, 0.05) is 25.3 Å². The van der Waals surface area contributed by atoms with Crippen LogP contribution in [0.2, 0.25) is 5.02 Å². The summed E-state index contributed by atoms with van der Waals surface area (Å²) in [6.07, 6.45) is 0.774. The molecule has 0 radical (unpaired) electrons. The third-order valence-corrected chi connectivity index (χ3v) is 7.27. The summed E-state index contributed by atoms with van der Waals surface area (Å²) in [4.78, 5) is 14.9. The van der Waals surface area contributed by atoms with Crippen LogP contribution >= 0.6 is 11.6 Å². The maximum Gasteiger partial charge on any atom is 0.259 e. The van der Waals surface area contributed by atoms with Crippen LogP contribution in [0, 0.1) is 6.92 Å². The van der Waals surface area contributed by atoms with Gasteiger partial charge in [0.25, 0.3) is 5.91 Å². The second-order valence-corrected chi connectivity index (χ2v) is 8.92. The van der Waals surface area contributed by atoms with E-state index in [-0.39, 0.29) is 21.4 Å². The predicted molar refractivity (Wildman–Crippen MR) is 108 cm³/mol. The lowest BCUT2D eigenvalue weighted by molar-refractivity contribution is 0.0989. The Bertz CT molecular complexity index is 985. The van der Waals surface area contributed by atoms with Crippen molar-refractivity contribution in [1.29, 1.82) is 0 Å². The first kappa shape index (κ1) is 19.9. The Hall–Kier alpha value is -1.89. The van der Waals surface area contributed by atoms with Crippen molar-refractivity contribution >= 4 is 33.2 Å². The van der Waals surface area contributed by atoms with Crippen molar-refractivity contribution in [2.45, 2.75) is 32.1 Å². The Morgan fingerprint density at radius 3 is 2.52 bits per heavy atom. The molecule has 27 heavy (non-hydrogen) atoms. The highest BCUT2D eigenvalue weighted by atomic mass is 35.5. The zero-order chi connectivity index (χ0) is 19.8. The summed E-state index contributed by atoms with van der Waals surface area (Å²) < 4.78 is 27.0. The summed E-state index contributed by atoms with van der Waals surface area (Å²) in [5, 5.41) is 0.250. The summed E-state index contributed by atoms with van der Waals surface area (Å²) in [5.74, 6) is -0.277. The predicted octanol–water partition coefficient (Wildman–Crippen LogP) is 3.88. The SMILES string of the molecule is CCN(CC)S(=O)(=O)c1ccc(Cl)c(C(=O)N2CCc3ccc(C)cc32)c1. The smallest absolute Gasteiger partial charge is 0.259 e. The van der Waals surface area contributed by atoms with E-state index in [1.165, 1.54) is 22.5 Å². The Morgan fingerprint density at radius 2 is 1.85 bits per heavy atom. The summed E-state index contributed by atoms with van der Waals surface area (Å²) in [5.41, 5.74) is 3.25. The highest BCUT2D eigenvalue weighted by Gasteiger charge is 2.29. The average molecular weight is 407 g/mol. The zero-order valence-corrected chi connectivity index (χ0v) is 17.3. The van der Waals surface area contributed by atoms with Crippen LogP contribution in [0.15, 0.2) is 41.3 Å². The molecule has 1 aliphatic rings. The second-order valence-electron chi connectivity index (χ2n) is 6.57. The molecule has 7 heteroatoms. The largest absolute Gasteiger partial charge is 0.308 e. The fraction of sp³-hybridized carbons (Fsp3) is 0.350. The van der Waals surface area contributed by atoms with Crippen LogP contribution in [0.1, 0.15) is 35.3 Å². The molecular formula is C20H23ClN2O3S. The molecule has 1 heterocycles. The van der Waals surface area contributed by atoms with Gasteiger partial charge < -0.3 is 4.90 Å². The van der Waals surface area contributed by atoms with Crippen LogP contribution in [0.3, 0.4) is 0 Å². The number of rotatable bonds is 5. The monoisotopic (exact) mass is 406 g/mol. The Morgan fingerprint density at radius 1 is 1.15 bits per heavy atom. The molecule has 3 rings (SSSR count). The number of carbonyl (C=O) groups excluding carboxylic acids is 1. The minimum Gasteiger partial charge on any atom is -0.308 e. The van der Waals surface area contributed by atoms with E-state index in [2.05, 4.69) is 0 Å². The first-order valence-electron chi connectivity index (χ1n) is 9.00. The number of aryl methyl sites for hydroxylation is 1. The number of amides is 1. The molecule has 5 nitrogen and oxygen atoms in total. The molecule has 0 unspecified atom stereocenters. The molecule has 144 valence electrons. The number of halogens is 1. The Kier molecular flexibility index (Phi) is 5.60. The van der Waals surface area contributed by atoms with Crippen molar-refractivity contribution in [1.82, 2.24) is 4.31 Å². The van der Waals surface area contributed by atoms with E-state index in [0.29, 0.717) is 19.6 Å². The summed E-state index contributed by atoms with van der Waals surface area (Å²) in [6, 6.07) is 10.4. The zero-order valence-electron chi connectivity index (χ0n) is 15.7. The standard InChI is InChI=1S/C20H23ClN2O3S/c1-4-22(5-2)27(25,26)16-8-9-18(21)17(13-16)20(24)23-11-10-15-7-6-14(3)12-19(15)23/h6-9,12-13H,4-5,10-11H2,1-3H3. The van der Waals surface area contributed by atoms with Gasteiger partial charge >= 0.3 is 0 Å². The lowest BCUT2D eigenvalue weighted by Gasteiger charge is -2.21. The van der Waals surface area contributed by atoms with Gasteiger partial charge in [-0.3, -0.25) is 4.79 Å². The summed E-state index contributed by atoms with van der Waals surface area (Å²) in [6.45, 7) is 6.83. The summed E-state index contributed by atoms with van der Waals surface area (Å²) in [7, 11) is -3.66. The minimum atomic E-state index is -3.66. The van der Waals surface area contributed by atoms with Gasteiger partial charge in [-0.15, -0.1) is 0 Å². The highest BCUT2D eigenvalue weighted by molar-refractivity contribution is 7.89. The van der Waals surface area contributed by atoms with Crippen molar-refractivity contribution in [2.24, 2.45) is 0 Å². The molecular weight excluding hydrogens is 384 g/mol. The van der Waals surface area contributed by atoms with Gasteiger partial charge in [-0.1, -0.05) is 37.6 Å². The number of hydrogen-bond acceptors (Lipinski definition) is 3. The molecule has 0 spiro atoms. The molecule has 2 aromatic rings. The van der Waals surface area contributed by atoms with Crippen molar-refractivity contribution in [3.8, 4) is 0 Å². The maximum absolute atomic E-state index is 13.2. The van der Waals surface area contributed by atoms with Crippen molar-refractivity contribution in [3.05, 3.63) is 58.1 Å². The number of anilines is 1. The van der Waals surface area contributed by atoms with Crippen LogP contribution in [-0.2, 0) is 16.4 Å². The van der Waals surface area contributed by atoms with Crippen LogP contribution in [0.4, 0.5) is 5.69 Å². The number of sulfonamides is 1. The van der Waals surface area contributed by atoms with E-state index in [1.807, 2.05) is 25.1 Å². The Balaban J connectivity index is 2.01. The fourth-order valence-corrected chi connectivity index (χ4v) is 5.07. The molecule has 0 atom stereocenters. The third kappa shape index (κ3) is 3.61. The van der Waals surface area contributed by atoms with Gasteiger partial charge in [0.15, 0.2) is 0 Å². The van der Waals surface area contributed by atoms with Gasteiger partial charge in [0.05, 0.1) is 15.5 Å². The molecule has 0 aromatic heterocycles. The molecule has 0 N–H and O–H groups in total. The number of fused-ring (bicyclic) bond motifs is 1. The number of benzene rings is 2. The van der Waals surface area contributed by atoms with E-state index in [4.69, 9.17) is 11.6 Å². The van der Waals surface area contributed by atoms with E-state index in [9.17, 15) is 13.2 Å². The van der Waals surface area contributed by atoms with Crippen LogP contribution in [0.25, 0.3) is 0 Å². The van der Waals surface area contributed by atoms with E-state index in [1.54, 1.807) is 18.7 Å². The lowest BCUT2D eigenvalue weighted by Crippen LogP contribution is -2.32. The van der Waals surface area contributed by atoms with Crippen LogP contribution in [0.5, 0.6) is 0 Å². The van der Waals surface area contributed by atoms with Crippen molar-refractivity contribution < 1.29 is 13.2 Å². The van der Waals surface area contributed by atoms with Gasteiger partial charge in [0.2, 0.25) is 10.0 Å².